The fourth-order valence-corrected chi connectivity index (χ4v) is 3.76. The normalized spacial score (nSPS) is 13.2. The second kappa shape index (κ2) is 8.73. The van der Waals surface area contributed by atoms with E-state index in [4.69, 9.17) is 0 Å². The average Bonchev–Trinajstić information content (AvgIpc) is 3.17. The van der Waals surface area contributed by atoms with Gasteiger partial charge in [-0.1, -0.05) is 34.1 Å². The maximum absolute atomic E-state index is 14.0. The Balaban J connectivity index is 1.76. The largest absolute Gasteiger partial charge is 0.322 e. The monoisotopic (exact) mass is 450 g/mol. The van der Waals surface area contributed by atoms with Gasteiger partial charge in [-0.2, -0.15) is 0 Å². The number of hydrogen-bond donors (Lipinski definition) is 2. The molecule has 0 saturated heterocycles. The van der Waals surface area contributed by atoms with Crippen molar-refractivity contribution in [3.05, 3.63) is 86.5 Å². The standard InChI is InChI=1S/C20H17BrF2N2OS/c1-12(20(26)25-17-9-6-14(21)11-16(17)23)24-19(18-3-2-10-27-18)13-4-7-15(22)8-5-13/h2-12,19,24H,1H3,(H,25,26)/t12-,19-/m0/s1. The van der Waals surface area contributed by atoms with Crippen LogP contribution < -0.4 is 10.6 Å². The van der Waals surface area contributed by atoms with Gasteiger partial charge in [-0.15, -0.1) is 11.3 Å². The topological polar surface area (TPSA) is 41.1 Å². The summed E-state index contributed by atoms with van der Waals surface area (Å²) in [5.74, 6) is -1.20. The second-order valence-corrected chi connectivity index (χ2v) is 7.90. The Bertz CT molecular complexity index is 916. The molecule has 0 spiro atoms. The number of halogens is 3. The number of thiophene rings is 1. The summed E-state index contributed by atoms with van der Waals surface area (Å²) in [6.45, 7) is 1.70. The third kappa shape index (κ3) is 5.00. The lowest BCUT2D eigenvalue weighted by Crippen LogP contribution is -2.40. The molecular weight excluding hydrogens is 434 g/mol. The van der Waals surface area contributed by atoms with Crippen molar-refractivity contribution in [1.82, 2.24) is 5.32 Å². The minimum absolute atomic E-state index is 0.117. The molecule has 0 saturated carbocycles. The zero-order valence-electron chi connectivity index (χ0n) is 14.4. The van der Waals surface area contributed by atoms with Gasteiger partial charge in [0.15, 0.2) is 0 Å². The van der Waals surface area contributed by atoms with Crippen LogP contribution in [0.1, 0.15) is 23.4 Å². The summed E-state index contributed by atoms with van der Waals surface area (Å²) in [5, 5.41) is 7.78. The summed E-state index contributed by atoms with van der Waals surface area (Å²) in [4.78, 5) is 13.5. The van der Waals surface area contributed by atoms with Crippen LogP contribution in [0.15, 0.2) is 64.5 Å². The number of anilines is 1. The average molecular weight is 451 g/mol. The first-order valence-electron chi connectivity index (χ1n) is 8.25. The van der Waals surface area contributed by atoms with Gasteiger partial charge in [0.1, 0.15) is 11.6 Å². The Morgan fingerprint density at radius 3 is 2.48 bits per heavy atom. The number of carbonyl (C=O) groups excluding carboxylic acids is 1. The van der Waals surface area contributed by atoms with Gasteiger partial charge in [0.05, 0.1) is 17.8 Å². The summed E-state index contributed by atoms with van der Waals surface area (Å²) >= 11 is 4.73. The second-order valence-electron chi connectivity index (χ2n) is 6.00. The smallest absolute Gasteiger partial charge is 0.241 e. The number of benzene rings is 2. The Morgan fingerprint density at radius 1 is 1.11 bits per heavy atom. The molecule has 3 nitrogen and oxygen atoms in total. The van der Waals surface area contributed by atoms with Crippen LogP contribution in [-0.2, 0) is 4.79 Å². The molecule has 0 bridgehead atoms. The van der Waals surface area contributed by atoms with E-state index in [-0.39, 0.29) is 23.5 Å². The third-order valence-electron chi connectivity index (χ3n) is 4.03. The molecule has 1 aromatic heterocycles. The van der Waals surface area contributed by atoms with E-state index in [1.807, 2.05) is 17.5 Å². The van der Waals surface area contributed by atoms with Gasteiger partial charge in [-0.25, -0.2) is 8.78 Å². The first-order valence-corrected chi connectivity index (χ1v) is 9.92. The summed E-state index contributed by atoms with van der Waals surface area (Å²) in [6.07, 6.45) is 0. The lowest BCUT2D eigenvalue weighted by Gasteiger charge is -2.23. The molecule has 140 valence electrons. The maximum Gasteiger partial charge on any atom is 0.241 e. The molecule has 2 aromatic carbocycles. The number of hydrogen-bond acceptors (Lipinski definition) is 3. The van der Waals surface area contributed by atoms with Gasteiger partial charge < -0.3 is 5.32 Å². The quantitative estimate of drug-likeness (QED) is 0.520. The molecule has 27 heavy (non-hydrogen) atoms. The molecule has 2 atom stereocenters. The fourth-order valence-electron chi connectivity index (χ4n) is 2.61. The molecule has 0 radical (unpaired) electrons. The van der Waals surface area contributed by atoms with Crippen LogP contribution in [0.5, 0.6) is 0 Å². The third-order valence-corrected chi connectivity index (χ3v) is 5.46. The van der Waals surface area contributed by atoms with Gasteiger partial charge >= 0.3 is 0 Å². The van der Waals surface area contributed by atoms with Gasteiger partial charge in [-0.05, 0) is 54.3 Å². The SMILES string of the molecule is C[C@H](N[C@@H](c1ccc(F)cc1)c1cccs1)C(=O)Nc1ccc(Br)cc1F. The summed E-state index contributed by atoms with van der Waals surface area (Å²) in [5.41, 5.74) is 0.958. The minimum atomic E-state index is -0.606. The molecule has 0 aliphatic rings. The highest BCUT2D eigenvalue weighted by molar-refractivity contribution is 9.10. The van der Waals surface area contributed by atoms with E-state index in [0.29, 0.717) is 4.47 Å². The number of amides is 1. The highest BCUT2D eigenvalue weighted by Crippen LogP contribution is 2.27. The van der Waals surface area contributed by atoms with Crippen molar-refractivity contribution >= 4 is 38.9 Å². The summed E-state index contributed by atoms with van der Waals surface area (Å²) in [6, 6.07) is 13.6. The van der Waals surface area contributed by atoms with E-state index in [1.54, 1.807) is 25.1 Å². The van der Waals surface area contributed by atoms with Gasteiger partial charge in [-0.3, -0.25) is 10.1 Å². The molecule has 7 heteroatoms. The lowest BCUT2D eigenvalue weighted by atomic mass is 10.0. The van der Waals surface area contributed by atoms with Gasteiger partial charge in [0, 0.05) is 9.35 Å². The highest BCUT2D eigenvalue weighted by atomic mass is 79.9. The van der Waals surface area contributed by atoms with Crippen LogP contribution in [-0.4, -0.2) is 11.9 Å². The van der Waals surface area contributed by atoms with Gasteiger partial charge in [0.2, 0.25) is 5.91 Å². The van der Waals surface area contributed by atoms with E-state index >= 15 is 0 Å². The predicted octanol–water partition coefficient (Wildman–Crippen LogP) is 5.50. The minimum Gasteiger partial charge on any atom is -0.322 e. The van der Waals surface area contributed by atoms with Crippen molar-refractivity contribution in [2.75, 3.05) is 5.32 Å². The zero-order chi connectivity index (χ0) is 19.4. The lowest BCUT2D eigenvalue weighted by molar-refractivity contribution is -0.117. The zero-order valence-corrected chi connectivity index (χ0v) is 16.8. The molecule has 0 aliphatic carbocycles. The fraction of sp³-hybridized carbons (Fsp3) is 0.150. The van der Waals surface area contributed by atoms with E-state index in [9.17, 15) is 13.6 Å². The molecule has 3 rings (SSSR count). The van der Waals surface area contributed by atoms with Crippen LogP contribution in [0.2, 0.25) is 0 Å². The maximum atomic E-state index is 14.0. The first kappa shape index (κ1) is 19.7. The van der Waals surface area contributed by atoms with Crippen molar-refractivity contribution in [2.45, 2.75) is 19.0 Å². The van der Waals surface area contributed by atoms with Crippen LogP contribution in [0, 0.1) is 11.6 Å². The molecule has 0 fully saturated rings. The van der Waals surface area contributed by atoms with Crippen molar-refractivity contribution < 1.29 is 13.6 Å². The Morgan fingerprint density at radius 2 is 1.85 bits per heavy atom. The van der Waals surface area contributed by atoms with E-state index in [0.717, 1.165) is 10.4 Å². The summed E-state index contributed by atoms with van der Waals surface area (Å²) < 4.78 is 27.8. The van der Waals surface area contributed by atoms with Crippen LogP contribution in [0.25, 0.3) is 0 Å². The molecule has 1 heterocycles. The van der Waals surface area contributed by atoms with Crippen LogP contribution in [0.4, 0.5) is 14.5 Å². The molecule has 0 aliphatic heterocycles. The number of rotatable bonds is 6. The molecule has 3 aromatic rings. The van der Waals surface area contributed by atoms with E-state index in [2.05, 4.69) is 26.6 Å². The van der Waals surface area contributed by atoms with Gasteiger partial charge in [0.25, 0.3) is 0 Å². The number of carbonyl (C=O) groups is 1. The highest BCUT2D eigenvalue weighted by Gasteiger charge is 2.22. The molecular formula is C20H17BrF2N2OS. The number of nitrogens with one attached hydrogen (secondary N) is 2. The van der Waals surface area contributed by atoms with E-state index < -0.39 is 11.9 Å². The molecule has 1 amide bonds. The first-order chi connectivity index (χ1) is 12.9. The van der Waals surface area contributed by atoms with E-state index in [1.165, 1.54) is 35.6 Å². The van der Waals surface area contributed by atoms with Crippen LogP contribution >= 0.6 is 27.3 Å². The molecule has 0 unspecified atom stereocenters. The van der Waals surface area contributed by atoms with Crippen molar-refractivity contribution in [3.8, 4) is 0 Å². The Kier molecular flexibility index (Phi) is 6.36. The van der Waals surface area contributed by atoms with Crippen LogP contribution in [0.3, 0.4) is 0 Å². The van der Waals surface area contributed by atoms with Crippen molar-refractivity contribution in [1.29, 1.82) is 0 Å². The molecule has 2 N–H and O–H groups in total. The van der Waals surface area contributed by atoms with Crippen molar-refractivity contribution in [3.63, 3.8) is 0 Å². The van der Waals surface area contributed by atoms with Crippen molar-refractivity contribution in [2.24, 2.45) is 0 Å². The summed E-state index contributed by atoms with van der Waals surface area (Å²) in [7, 11) is 0. The Labute approximate surface area is 168 Å². The predicted molar refractivity (Wildman–Crippen MR) is 108 cm³/mol. The Hall–Kier alpha value is -2.09.